The summed E-state index contributed by atoms with van der Waals surface area (Å²) >= 11 is 8.68. The summed E-state index contributed by atoms with van der Waals surface area (Å²) in [5.74, 6) is -1.20. The molecule has 1 saturated heterocycles. The van der Waals surface area contributed by atoms with Crippen LogP contribution in [0, 0.1) is 12.3 Å². The fourth-order valence-corrected chi connectivity index (χ4v) is 5.99. The number of carboxylic acid groups (broad SMARTS) is 1. The lowest BCUT2D eigenvalue weighted by Crippen LogP contribution is -2.42. The van der Waals surface area contributed by atoms with Crippen LogP contribution in [0.1, 0.15) is 31.9 Å². The Morgan fingerprint density at radius 3 is 2.65 bits per heavy atom. The molecule has 11 heteroatoms. The first-order valence-corrected chi connectivity index (χ1v) is 13.0. The van der Waals surface area contributed by atoms with Crippen LogP contribution in [0.4, 0.5) is 5.13 Å². The number of thiazole rings is 1. The molecule has 0 aliphatic carbocycles. The summed E-state index contributed by atoms with van der Waals surface area (Å²) in [5, 5.41) is 12.7. The molecule has 0 saturated carbocycles. The summed E-state index contributed by atoms with van der Waals surface area (Å²) in [7, 11) is 0. The molecule has 2 aromatic heterocycles. The SMILES string of the molecule is Cc1c(Cl)cccc1Cn1c(SC(C(=O)[O-])C(C)(C)C)nc(=O)c2sc(N3CCOCC3)nc21. The van der Waals surface area contributed by atoms with Gasteiger partial charge in [0.05, 0.1) is 31.0 Å². The van der Waals surface area contributed by atoms with Gasteiger partial charge in [0.2, 0.25) is 0 Å². The fraction of sp³-hybridized carbons (Fsp3) is 0.478. The van der Waals surface area contributed by atoms with Crippen molar-refractivity contribution in [1.29, 1.82) is 0 Å². The zero-order valence-electron chi connectivity index (χ0n) is 19.5. The second-order valence-corrected chi connectivity index (χ2v) is 11.7. The first-order valence-electron chi connectivity index (χ1n) is 10.9. The van der Waals surface area contributed by atoms with Gasteiger partial charge in [-0.2, -0.15) is 4.98 Å². The molecule has 4 rings (SSSR count). The third-order valence-corrected chi connectivity index (χ3v) is 8.85. The zero-order valence-corrected chi connectivity index (χ0v) is 21.9. The molecule has 1 aromatic carbocycles. The maximum absolute atomic E-state index is 13.0. The number of rotatable bonds is 6. The van der Waals surface area contributed by atoms with Crippen molar-refractivity contribution in [2.24, 2.45) is 5.41 Å². The number of carboxylic acids is 1. The van der Waals surface area contributed by atoms with E-state index >= 15 is 0 Å². The third-order valence-electron chi connectivity index (χ3n) is 5.69. The van der Waals surface area contributed by atoms with Gasteiger partial charge < -0.3 is 19.5 Å². The fourth-order valence-electron chi connectivity index (χ4n) is 3.71. The van der Waals surface area contributed by atoms with Crippen molar-refractivity contribution in [2.45, 2.75) is 44.6 Å². The molecular weight excluding hydrogens is 496 g/mol. The normalized spacial score (nSPS) is 15.6. The number of hydrogen-bond donors (Lipinski definition) is 0. The molecule has 0 radical (unpaired) electrons. The van der Waals surface area contributed by atoms with E-state index in [1.165, 1.54) is 11.3 Å². The van der Waals surface area contributed by atoms with Gasteiger partial charge in [-0.05, 0) is 29.5 Å². The van der Waals surface area contributed by atoms with E-state index in [1.807, 2.05) is 50.5 Å². The van der Waals surface area contributed by atoms with Crippen molar-refractivity contribution < 1.29 is 14.6 Å². The summed E-state index contributed by atoms with van der Waals surface area (Å²) in [6, 6.07) is 5.64. The largest absolute Gasteiger partial charge is 0.549 e. The van der Waals surface area contributed by atoms with Crippen molar-refractivity contribution in [3.05, 3.63) is 44.7 Å². The Hall–Kier alpha value is -2.14. The predicted octanol–water partition coefficient (Wildman–Crippen LogP) is 2.96. The van der Waals surface area contributed by atoms with Crippen LogP contribution in [-0.4, -0.2) is 52.1 Å². The Kier molecular flexibility index (Phi) is 7.23. The number of carbonyl (C=O) groups is 1. The standard InChI is InChI=1S/C23H27ClN4O4S2/c1-13-14(6-5-7-15(13)24)12-28-18-16(33-21(25-18)27-8-10-32-11-9-27)19(29)26-22(28)34-17(20(30)31)23(2,3)4/h5-7,17H,8-12H2,1-4H3,(H,30,31)/p-1. The highest BCUT2D eigenvalue weighted by Gasteiger charge is 2.30. The van der Waals surface area contributed by atoms with Crippen LogP contribution in [-0.2, 0) is 16.1 Å². The van der Waals surface area contributed by atoms with Gasteiger partial charge in [-0.1, -0.05) is 67.6 Å². The lowest BCUT2D eigenvalue weighted by Gasteiger charge is -2.31. The second kappa shape index (κ2) is 9.85. The number of benzene rings is 1. The molecule has 3 heterocycles. The minimum absolute atomic E-state index is 0.292. The van der Waals surface area contributed by atoms with Gasteiger partial charge >= 0.3 is 0 Å². The summed E-state index contributed by atoms with van der Waals surface area (Å²) in [6.07, 6.45) is 0. The summed E-state index contributed by atoms with van der Waals surface area (Å²) < 4.78 is 7.70. The average Bonchev–Trinajstić information content (AvgIpc) is 3.23. The van der Waals surface area contributed by atoms with Crippen LogP contribution in [0.25, 0.3) is 10.3 Å². The van der Waals surface area contributed by atoms with Crippen molar-refractivity contribution in [2.75, 3.05) is 31.2 Å². The van der Waals surface area contributed by atoms with Crippen LogP contribution in [0.2, 0.25) is 5.02 Å². The minimum atomic E-state index is -1.20. The zero-order chi connectivity index (χ0) is 24.6. The molecular formula is C23H26ClN4O4S2-. The number of anilines is 1. The van der Waals surface area contributed by atoms with Crippen LogP contribution < -0.4 is 15.6 Å². The van der Waals surface area contributed by atoms with Crippen molar-refractivity contribution in [3.8, 4) is 0 Å². The first-order chi connectivity index (χ1) is 16.1. The van der Waals surface area contributed by atoms with Gasteiger partial charge in [-0.15, -0.1) is 0 Å². The Balaban J connectivity index is 1.88. The minimum Gasteiger partial charge on any atom is -0.549 e. The summed E-state index contributed by atoms with van der Waals surface area (Å²) in [5.41, 5.74) is 1.29. The molecule has 1 aliphatic rings. The van der Waals surface area contributed by atoms with Gasteiger partial charge in [0.1, 0.15) is 4.70 Å². The van der Waals surface area contributed by atoms with E-state index in [9.17, 15) is 14.7 Å². The monoisotopic (exact) mass is 521 g/mol. The molecule has 0 bridgehead atoms. The molecule has 1 fully saturated rings. The average molecular weight is 522 g/mol. The second-order valence-electron chi connectivity index (χ2n) is 9.24. The van der Waals surface area contributed by atoms with Crippen LogP contribution in [0.3, 0.4) is 0 Å². The molecule has 1 atom stereocenters. The molecule has 34 heavy (non-hydrogen) atoms. The summed E-state index contributed by atoms with van der Waals surface area (Å²) in [4.78, 5) is 36.2. The smallest absolute Gasteiger partial charge is 0.293 e. The summed E-state index contributed by atoms with van der Waals surface area (Å²) in [6.45, 7) is 10.3. The third kappa shape index (κ3) is 5.10. The van der Waals surface area contributed by atoms with E-state index in [0.29, 0.717) is 53.4 Å². The highest BCUT2D eigenvalue weighted by molar-refractivity contribution is 8.00. The molecule has 0 amide bonds. The number of hydrogen-bond acceptors (Lipinski definition) is 9. The Morgan fingerprint density at radius 1 is 1.29 bits per heavy atom. The van der Waals surface area contributed by atoms with E-state index in [2.05, 4.69) is 9.88 Å². The predicted molar refractivity (Wildman–Crippen MR) is 134 cm³/mol. The van der Waals surface area contributed by atoms with Gasteiger partial charge in [0.25, 0.3) is 5.56 Å². The number of aromatic nitrogens is 3. The number of morpholine rings is 1. The Morgan fingerprint density at radius 2 is 2.00 bits per heavy atom. The lowest BCUT2D eigenvalue weighted by atomic mass is 9.92. The molecule has 0 spiro atoms. The van der Waals surface area contributed by atoms with Gasteiger partial charge in [0, 0.05) is 18.1 Å². The van der Waals surface area contributed by atoms with Gasteiger partial charge in [-0.25, -0.2) is 4.98 Å². The Labute approximate surface area is 210 Å². The van der Waals surface area contributed by atoms with Crippen molar-refractivity contribution in [3.63, 3.8) is 0 Å². The van der Waals surface area contributed by atoms with Crippen LogP contribution in [0.15, 0.2) is 28.2 Å². The van der Waals surface area contributed by atoms with Crippen molar-refractivity contribution in [1.82, 2.24) is 14.5 Å². The van der Waals surface area contributed by atoms with Crippen LogP contribution >= 0.6 is 34.7 Å². The number of carbonyl (C=O) groups excluding carboxylic acids is 1. The molecule has 1 unspecified atom stereocenters. The Bertz CT molecular complexity index is 1280. The number of aliphatic carboxylic acids is 1. The van der Waals surface area contributed by atoms with E-state index < -0.39 is 22.2 Å². The molecule has 8 nitrogen and oxygen atoms in total. The number of nitrogens with zero attached hydrogens (tertiary/aromatic N) is 4. The van der Waals surface area contributed by atoms with Crippen LogP contribution in [0.5, 0.6) is 0 Å². The molecule has 182 valence electrons. The first kappa shape index (κ1) is 25.0. The topological polar surface area (TPSA) is 100 Å². The lowest BCUT2D eigenvalue weighted by molar-refractivity contribution is -0.306. The quantitative estimate of drug-likeness (QED) is 0.360. The van der Waals surface area contributed by atoms with E-state index in [1.54, 1.807) is 0 Å². The molecule has 3 aromatic rings. The number of fused-ring (bicyclic) bond motifs is 1. The highest BCUT2D eigenvalue weighted by atomic mass is 35.5. The maximum Gasteiger partial charge on any atom is 0.293 e. The van der Waals surface area contributed by atoms with Gasteiger partial charge in [0.15, 0.2) is 15.9 Å². The highest BCUT2D eigenvalue weighted by Crippen LogP contribution is 2.36. The number of halogens is 1. The van der Waals surface area contributed by atoms with Gasteiger partial charge in [-0.3, -0.25) is 9.36 Å². The molecule has 1 aliphatic heterocycles. The molecule has 0 N–H and O–H groups in total. The van der Waals surface area contributed by atoms with E-state index in [0.717, 1.165) is 28.0 Å². The van der Waals surface area contributed by atoms with E-state index in [-0.39, 0.29) is 0 Å². The van der Waals surface area contributed by atoms with Crippen molar-refractivity contribution >= 4 is 56.1 Å². The maximum atomic E-state index is 13.0. The number of ether oxygens (including phenoxy) is 1. The number of thioether (sulfide) groups is 1. The van der Waals surface area contributed by atoms with E-state index in [4.69, 9.17) is 21.3 Å².